The number of amides is 1. The molecule has 0 bridgehead atoms. The van der Waals surface area contributed by atoms with Crippen LogP contribution in [0.4, 0.5) is 13.2 Å². The van der Waals surface area contributed by atoms with Gasteiger partial charge in [-0.1, -0.05) is 26.0 Å². The highest BCUT2D eigenvalue weighted by atomic mass is 19.4. The molecule has 1 aromatic heterocycles. The van der Waals surface area contributed by atoms with E-state index in [1.54, 1.807) is 10.6 Å². The Kier molecular flexibility index (Phi) is 5.60. The average Bonchev–Trinajstić information content (AvgIpc) is 2.78. The number of hydrogen-bond donors (Lipinski definition) is 1. The zero-order valence-corrected chi connectivity index (χ0v) is 14.9. The van der Waals surface area contributed by atoms with Gasteiger partial charge < -0.3 is 9.88 Å². The van der Waals surface area contributed by atoms with Gasteiger partial charge in [-0.25, -0.2) is 0 Å². The van der Waals surface area contributed by atoms with Crippen molar-refractivity contribution >= 4 is 5.91 Å². The fourth-order valence-corrected chi connectivity index (χ4v) is 2.76. The van der Waals surface area contributed by atoms with E-state index in [0.29, 0.717) is 23.7 Å². The molecule has 3 nitrogen and oxygen atoms in total. The molecule has 1 aromatic carbocycles. The van der Waals surface area contributed by atoms with Crippen LogP contribution in [0.15, 0.2) is 30.3 Å². The number of aryl methyl sites for hydroxylation is 2. The monoisotopic (exact) mass is 352 g/mol. The van der Waals surface area contributed by atoms with Crippen LogP contribution in [0.25, 0.3) is 0 Å². The standard InChI is InChI=1S/C19H23F3N2O/c1-12(2)10-23-18(25)17-13(3)8-14(4)24(17)11-15-6-5-7-16(9-15)19(20,21)22/h5-9,12H,10-11H2,1-4H3,(H,23,25). The third-order valence-electron chi connectivity index (χ3n) is 3.98. The molecule has 0 saturated carbocycles. The molecule has 0 aliphatic heterocycles. The molecule has 25 heavy (non-hydrogen) atoms. The molecular weight excluding hydrogens is 329 g/mol. The zero-order valence-electron chi connectivity index (χ0n) is 14.9. The summed E-state index contributed by atoms with van der Waals surface area (Å²) in [6.45, 7) is 8.44. The second-order valence-corrected chi connectivity index (χ2v) is 6.71. The molecule has 0 radical (unpaired) electrons. The lowest BCUT2D eigenvalue weighted by atomic mass is 10.1. The second kappa shape index (κ2) is 7.33. The predicted octanol–water partition coefficient (Wildman–Crippen LogP) is 4.56. The molecule has 2 rings (SSSR count). The van der Waals surface area contributed by atoms with E-state index in [-0.39, 0.29) is 12.5 Å². The van der Waals surface area contributed by atoms with Gasteiger partial charge in [0.05, 0.1) is 5.56 Å². The van der Waals surface area contributed by atoms with E-state index in [2.05, 4.69) is 5.32 Å². The number of hydrogen-bond acceptors (Lipinski definition) is 1. The molecule has 6 heteroatoms. The number of rotatable bonds is 5. The highest BCUT2D eigenvalue weighted by Crippen LogP contribution is 2.30. The highest BCUT2D eigenvalue weighted by Gasteiger charge is 2.30. The molecule has 1 N–H and O–H groups in total. The molecule has 0 saturated heterocycles. The molecule has 2 aromatic rings. The zero-order chi connectivity index (χ0) is 18.8. The fraction of sp³-hybridized carbons (Fsp3) is 0.421. The van der Waals surface area contributed by atoms with Crippen LogP contribution < -0.4 is 5.32 Å². The van der Waals surface area contributed by atoms with Crippen LogP contribution in [0, 0.1) is 19.8 Å². The Balaban J connectivity index is 2.33. The maximum atomic E-state index is 12.9. The lowest BCUT2D eigenvalue weighted by Crippen LogP contribution is -2.30. The second-order valence-electron chi connectivity index (χ2n) is 6.71. The first-order valence-corrected chi connectivity index (χ1v) is 8.20. The Labute approximate surface area is 145 Å². The van der Waals surface area contributed by atoms with E-state index in [9.17, 15) is 18.0 Å². The van der Waals surface area contributed by atoms with Crippen molar-refractivity contribution in [3.8, 4) is 0 Å². The summed E-state index contributed by atoms with van der Waals surface area (Å²) < 4.78 is 40.5. The van der Waals surface area contributed by atoms with Crippen molar-refractivity contribution in [3.63, 3.8) is 0 Å². The van der Waals surface area contributed by atoms with Crippen LogP contribution in [-0.2, 0) is 12.7 Å². The molecule has 1 heterocycles. The van der Waals surface area contributed by atoms with Gasteiger partial charge in [-0.05, 0) is 49.1 Å². The summed E-state index contributed by atoms with van der Waals surface area (Å²) in [5, 5.41) is 2.87. The summed E-state index contributed by atoms with van der Waals surface area (Å²) in [7, 11) is 0. The van der Waals surface area contributed by atoms with Gasteiger partial charge in [0.25, 0.3) is 5.91 Å². The summed E-state index contributed by atoms with van der Waals surface area (Å²) in [5.74, 6) is 0.114. The van der Waals surface area contributed by atoms with Crippen molar-refractivity contribution in [2.45, 2.75) is 40.4 Å². The topological polar surface area (TPSA) is 34.0 Å². The largest absolute Gasteiger partial charge is 0.416 e. The molecule has 136 valence electrons. The van der Waals surface area contributed by atoms with E-state index in [1.807, 2.05) is 33.8 Å². The molecule has 0 aliphatic rings. The third kappa shape index (κ3) is 4.65. The van der Waals surface area contributed by atoms with E-state index >= 15 is 0 Å². The quantitative estimate of drug-likeness (QED) is 0.841. The van der Waals surface area contributed by atoms with Gasteiger partial charge in [0.15, 0.2) is 0 Å². The Bertz CT molecular complexity index is 761. The van der Waals surface area contributed by atoms with Crippen LogP contribution in [-0.4, -0.2) is 17.0 Å². The van der Waals surface area contributed by atoms with Gasteiger partial charge in [0.1, 0.15) is 5.69 Å². The highest BCUT2D eigenvalue weighted by molar-refractivity contribution is 5.94. The minimum atomic E-state index is -4.38. The van der Waals surface area contributed by atoms with Crippen molar-refractivity contribution in [3.05, 3.63) is 58.4 Å². The van der Waals surface area contributed by atoms with Crippen molar-refractivity contribution in [1.29, 1.82) is 0 Å². The van der Waals surface area contributed by atoms with Crippen LogP contribution in [0.3, 0.4) is 0 Å². The first kappa shape index (κ1) is 19.1. The first-order chi connectivity index (χ1) is 11.6. The molecule has 1 amide bonds. The Morgan fingerprint density at radius 2 is 1.88 bits per heavy atom. The van der Waals surface area contributed by atoms with Gasteiger partial charge >= 0.3 is 6.18 Å². The van der Waals surface area contributed by atoms with Gasteiger partial charge in [-0.3, -0.25) is 4.79 Å². The van der Waals surface area contributed by atoms with Gasteiger partial charge in [0.2, 0.25) is 0 Å². The predicted molar refractivity (Wildman–Crippen MR) is 91.6 cm³/mol. The van der Waals surface area contributed by atoms with Crippen LogP contribution in [0.2, 0.25) is 0 Å². The lowest BCUT2D eigenvalue weighted by Gasteiger charge is -2.15. The van der Waals surface area contributed by atoms with Crippen molar-refractivity contribution in [2.24, 2.45) is 5.92 Å². The molecule has 0 atom stereocenters. The average molecular weight is 352 g/mol. The Morgan fingerprint density at radius 1 is 1.20 bits per heavy atom. The Hall–Kier alpha value is -2.24. The summed E-state index contributed by atoms with van der Waals surface area (Å²) in [5.41, 5.74) is 1.97. The van der Waals surface area contributed by atoms with E-state index in [0.717, 1.165) is 23.4 Å². The summed E-state index contributed by atoms with van der Waals surface area (Å²) in [6, 6.07) is 7.08. The number of alkyl halides is 3. The number of benzene rings is 1. The lowest BCUT2D eigenvalue weighted by molar-refractivity contribution is -0.137. The molecule has 0 spiro atoms. The Morgan fingerprint density at radius 3 is 2.48 bits per heavy atom. The number of aromatic nitrogens is 1. The maximum Gasteiger partial charge on any atom is 0.416 e. The summed E-state index contributed by atoms with van der Waals surface area (Å²) in [6.07, 6.45) is -4.38. The maximum absolute atomic E-state index is 12.9. The van der Waals surface area contributed by atoms with Crippen LogP contribution in [0.1, 0.15) is 46.7 Å². The molecule has 0 fully saturated rings. The molecular formula is C19H23F3N2O. The van der Waals surface area contributed by atoms with Gasteiger partial charge in [0, 0.05) is 18.8 Å². The van der Waals surface area contributed by atoms with E-state index < -0.39 is 11.7 Å². The summed E-state index contributed by atoms with van der Waals surface area (Å²) in [4.78, 5) is 12.5. The first-order valence-electron chi connectivity index (χ1n) is 8.20. The number of carbonyl (C=O) groups excluding carboxylic acids is 1. The van der Waals surface area contributed by atoms with Crippen LogP contribution >= 0.6 is 0 Å². The molecule has 0 unspecified atom stereocenters. The number of carbonyl (C=O) groups is 1. The van der Waals surface area contributed by atoms with Crippen molar-refractivity contribution in [2.75, 3.05) is 6.54 Å². The number of halogens is 3. The minimum Gasteiger partial charge on any atom is -0.350 e. The smallest absolute Gasteiger partial charge is 0.350 e. The minimum absolute atomic E-state index is 0.203. The fourth-order valence-electron chi connectivity index (χ4n) is 2.76. The molecule has 0 aliphatic carbocycles. The van der Waals surface area contributed by atoms with Crippen molar-refractivity contribution < 1.29 is 18.0 Å². The van der Waals surface area contributed by atoms with Crippen molar-refractivity contribution in [1.82, 2.24) is 9.88 Å². The SMILES string of the molecule is Cc1cc(C)n(Cc2cccc(C(F)(F)F)c2)c1C(=O)NCC(C)C. The third-order valence-corrected chi connectivity index (χ3v) is 3.98. The van der Waals surface area contributed by atoms with Gasteiger partial charge in [-0.15, -0.1) is 0 Å². The normalized spacial score (nSPS) is 11.8. The van der Waals surface area contributed by atoms with Gasteiger partial charge in [-0.2, -0.15) is 13.2 Å². The number of nitrogens with zero attached hydrogens (tertiary/aromatic N) is 1. The van der Waals surface area contributed by atoms with Crippen LogP contribution in [0.5, 0.6) is 0 Å². The summed E-state index contributed by atoms with van der Waals surface area (Å²) >= 11 is 0. The van der Waals surface area contributed by atoms with E-state index in [1.165, 1.54) is 6.07 Å². The number of nitrogens with one attached hydrogen (secondary N) is 1. The van der Waals surface area contributed by atoms with E-state index in [4.69, 9.17) is 0 Å².